The van der Waals surface area contributed by atoms with Gasteiger partial charge in [-0.05, 0) is 29.2 Å². The second-order valence-electron chi connectivity index (χ2n) is 8.93. The predicted molar refractivity (Wildman–Crippen MR) is 130 cm³/mol. The fraction of sp³-hybridized carbons (Fsp3) is 0.462. The number of piperazine rings is 1. The lowest BCUT2D eigenvalue weighted by atomic mass is 9.98. The van der Waals surface area contributed by atoms with E-state index in [0.29, 0.717) is 25.6 Å². The van der Waals surface area contributed by atoms with Gasteiger partial charge in [-0.1, -0.05) is 56.3 Å². The van der Waals surface area contributed by atoms with Crippen LogP contribution < -0.4 is 15.4 Å². The first-order valence-electron chi connectivity index (χ1n) is 11.6. The van der Waals surface area contributed by atoms with Gasteiger partial charge in [0.05, 0.1) is 26.2 Å². The molecular formula is C26H36N4O3. The molecule has 178 valence electrons. The second kappa shape index (κ2) is 12.4. The van der Waals surface area contributed by atoms with E-state index in [4.69, 9.17) is 4.74 Å². The van der Waals surface area contributed by atoms with E-state index in [-0.39, 0.29) is 17.9 Å². The van der Waals surface area contributed by atoms with Gasteiger partial charge in [-0.15, -0.1) is 0 Å². The summed E-state index contributed by atoms with van der Waals surface area (Å²) in [4.78, 5) is 29.3. The van der Waals surface area contributed by atoms with Crippen LogP contribution >= 0.6 is 0 Å². The van der Waals surface area contributed by atoms with Crippen LogP contribution in [0, 0.1) is 5.92 Å². The zero-order valence-electron chi connectivity index (χ0n) is 19.9. The van der Waals surface area contributed by atoms with Crippen LogP contribution in [0.1, 0.15) is 31.0 Å². The van der Waals surface area contributed by atoms with E-state index in [1.54, 1.807) is 7.11 Å². The van der Waals surface area contributed by atoms with Gasteiger partial charge in [-0.3, -0.25) is 19.4 Å². The van der Waals surface area contributed by atoms with E-state index in [9.17, 15) is 9.59 Å². The molecule has 33 heavy (non-hydrogen) atoms. The lowest BCUT2D eigenvalue weighted by Crippen LogP contribution is -2.51. The predicted octanol–water partition coefficient (Wildman–Crippen LogP) is 2.29. The van der Waals surface area contributed by atoms with E-state index in [2.05, 4.69) is 34.3 Å². The standard InChI is InChI=1S/C26H36N4O3/c1-20(2)17-27-24(31)18-29-13-15-30(16-14-29)19-25(32)28-26(21-7-5-4-6-8-21)22-9-11-23(33-3)12-10-22/h4-12,20,26H,13-19H2,1-3H3,(H,27,31)(H,28,32). The number of rotatable bonds is 10. The zero-order valence-corrected chi connectivity index (χ0v) is 19.9. The topological polar surface area (TPSA) is 73.9 Å². The van der Waals surface area contributed by atoms with Gasteiger partial charge in [0, 0.05) is 32.7 Å². The maximum absolute atomic E-state index is 12.9. The summed E-state index contributed by atoms with van der Waals surface area (Å²) in [6.07, 6.45) is 0. The van der Waals surface area contributed by atoms with Crippen LogP contribution in [-0.4, -0.2) is 74.5 Å². The molecule has 7 nitrogen and oxygen atoms in total. The third kappa shape index (κ3) is 7.87. The summed E-state index contributed by atoms with van der Waals surface area (Å²) in [5.74, 6) is 1.29. The smallest absolute Gasteiger partial charge is 0.234 e. The van der Waals surface area contributed by atoms with Crippen LogP contribution in [0.5, 0.6) is 5.75 Å². The van der Waals surface area contributed by atoms with Gasteiger partial charge >= 0.3 is 0 Å². The Balaban J connectivity index is 1.53. The molecular weight excluding hydrogens is 416 g/mol. The molecule has 1 heterocycles. The third-order valence-electron chi connectivity index (χ3n) is 5.79. The molecule has 0 bridgehead atoms. The van der Waals surface area contributed by atoms with Crippen molar-refractivity contribution in [3.63, 3.8) is 0 Å². The van der Waals surface area contributed by atoms with Gasteiger partial charge in [0.25, 0.3) is 0 Å². The Morgan fingerprint density at radius 1 is 0.848 bits per heavy atom. The molecule has 2 aromatic carbocycles. The molecule has 0 spiro atoms. The van der Waals surface area contributed by atoms with E-state index in [1.807, 2.05) is 54.6 Å². The molecule has 1 aliphatic rings. The summed E-state index contributed by atoms with van der Waals surface area (Å²) in [6.45, 7) is 8.73. The van der Waals surface area contributed by atoms with Gasteiger partial charge in [0.15, 0.2) is 0 Å². The maximum atomic E-state index is 12.9. The average molecular weight is 453 g/mol. The lowest BCUT2D eigenvalue weighted by Gasteiger charge is -2.34. The SMILES string of the molecule is COc1ccc(C(NC(=O)CN2CCN(CC(=O)NCC(C)C)CC2)c2ccccc2)cc1. The molecule has 3 rings (SSSR count). The minimum atomic E-state index is -0.226. The van der Waals surface area contributed by atoms with Crippen molar-refractivity contribution >= 4 is 11.8 Å². The number of carbonyl (C=O) groups excluding carboxylic acids is 2. The highest BCUT2D eigenvalue weighted by Crippen LogP contribution is 2.24. The van der Waals surface area contributed by atoms with Crippen molar-refractivity contribution in [2.24, 2.45) is 5.92 Å². The Morgan fingerprint density at radius 2 is 1.39 bits per heavy atom. The summed E-state index contributed by atoms with van der Waals surface area (Å²) >= 11 is 0. The molecule has 0 saturated carbocycles. The van der Waals surface area contributed by atoms with Crippen LogP contribution in [0.2, 0.25) is 0 Å². The largest absolute Gasteiger partial charge is 0.497 e. The molecule has 2 amide bonds. The zero-order chi connectivity index (χ0) is 23.6. The van der Waals surface area contributed by atoms with Crippen LogP contribution in [0.3, 0.4) is 0 Å². The summed E-state index contributed by atoms with van der Waals surface area (Å²) in [5.41, 5.74) is 2.04. The molecule has 2 aromatic rings. The van der Waals surface area contributed by atoms with E-state index in [0.717, 1.165) is 43.1 Å². The first kappa shape index (κ1) is 24.7. The van der Waals surface area contributed by atoms with Gasteiger partial charge in [-0.2, -0.15) is 0 Å². The number of hydrogen-bond donors (Lipinski definition) is 2. The molecule has 1 atom stereocenters. The number of ether oxygens (including phenoxy) is 1. The number of nitrogens with one attached hydrogen (secondary N) is 2. The summed E-state index contributed by atoms with van der Waals surface area (Å²) in [6, 6.07) is 17.6. The molecule has 0 aromatic heterocycles. The van der Waals surface area contributed by atoms with Crippen molar-refractivity contribution in [1.82, 2.24) is 20.4 Å². The number of carbonyl (C=O) groups is 2. The van der Waals surface area contributed by atoms with Crippen LogP contribution in [0.25, 0.3) is 0 Å². The molecule has 2 N–H and O–H groups in total. The first-order valence-corrected chi connectivity index (χ1v) is 11.6. The van der Waals surface area contributed by atoms with Crippen molar-refractivity contribution in [2.45, 2.75) is 19.9 Å². The fourth-order valence-electron chi connectivity index (χ4n) is 3.89. The third-order valence-corrected chi connectivity index (χ3v) is 5.79. The van der Waals surface area contributed by atoms with Crippen molar-refractivity contribution in [2.75, 3.05) is 52.9 Å². The first-order chi connectivity index (χ1) is 15.9. The summed E-state index contributed by atoms with van der Waals surface area (Å²) < 4.78 is 5.27. The number of hydrogen-bond acceptors (Lipinski definition) is 5. The highest BCUT2D eigenvalue weighted by molar-refractivity contribution is 5.79. The molecule has 1 unspecified atom stereocenters. The number of methoxy groups -OCH3 is 1. The molecule has 7 heteroatoms. The Hall–Kier alpha value is -2.90. The quantitative estimate of drug-likeness (QED) is 0.579. The molecule has 1 saturated heterocycles. The molecule has 0 radical (unpaired) electrons. The molecule has 0 aliphatic carbocycles. The van der Waals surface area contributed by atoms with Gasteiger partial charge in [0.1, 0.15) is 5.75 Å². The van der Waals surface area contributed by atoms with Crippen molar-refractivity contribution < 1.29 is 14.3 Å². The highest BCUT2D eigenvalue weighted by atomic mass is 16.5. The van der Waals surface area contributed by atoms with Crippen LogP contribution in [0.15, 0.2) is 54.6 Å². The Bertz CT molecular complexity index is 878. The van der Waals surface area contributed by atoms with Gasteiger partial charge in [0.2, 0.25) is 11.8 Å². The Kier molecular flexibility index (Phi) is 9.27. The molecule has 1 fully saturated rings. The number of nitrogens with zero attached hydrogens (tertiary/aromatic N) is 2. The van der Waals surface area contributed by atoms with Crippen molar-refractivity contribution in [3.8, 4) is 5.75 Å². The van der Waals surface area contributed by atoms with Crippen LogP contribution in [0.4, 0.5) is 0 Å². The van der Waals surface area contributed by atoms with Crippen molar-refractivity contribution in [3.05, 3.63) is 65.7 Å². The average Bonchev–Trinajstić information content (AvgIpc) is 2.83. The van der Waals surface area contributed by atoms with Crippen molar-refractivity contribution in [1.29, 1.82) is 0 Å². The maximum Gasteiger partial charge on any atom is 0.234 e. The Labute approximate surface area is 197 Å². The number of benzene rings is 2. The van der Waals surface area contributed by atoms with Crippen LogP contribution in [-0.2, 0) is 9.59 Å². The van der Waals surface area contributed by atoms with E-state index in [1.165, 1.54) is 0 Å². The second-order valence-corrected chi connectivity index (χ2v) is 8.93. The lowest BCUT2D eigenvalue weighted by molar-refractivity contribution is -0.125. The van der Waals surface area contributed by atoms with Gasteiger partial charge < -0.3 is 15.4 Å². The normalized spacial score (nSPS) is 15.8. The Morgan fingerprint density at radius 3 is 1.94 bits per heavy atom. The van der Waals surface area contributed by atoms with E-state index >= 15 is 0 Å². The minimum Gasteiger partial charge on any atom is -0.497 e. The summed E-state index contributed by atoms with van der Waals surface area (Å²) in [5, 5.41) is 6.17. The molecule has 1 aliphatic heterocycles. The fourth-order valence-corrected chi connectivity index (χ4v) is 3.89. The van der Waals surface area contributed by atoms with Gasteiger partial charge in [-0.25, -0.2) is 0 Å². The highest BCUT2D eigenvalue weighted by Gasteiger charge is 2.23. The monoisotopic (exact) mass is 452 g/mol. The van der Waals surface area contributed by atoms with E-state index < -0.39 is 0 Å². The number of amides is 2. The minimum absolute atomic E-state index is 0.0113. The summed E-state index contributed by atoms with van der Waals surface area (Å²) in [7, 11) is 1.64.